The SMILES string of the molecule is CCOc1ccc(CC(=O)N2CCN(C(=O)CCCOc3ccccc3Cl)CC2)cc1. The number of benzene rings is 2. The van der Waals surface area contributed by atoms with Gasteiger partial charge in [-0.25, -0.2) is 0 Å². The number of amides is 2. The highest BCUT2D eigenvalue weighted by Gasteiger charge is 2.23. The summed E-state index contributed by atoms with van der Waals surface area (Å²) in [6, 6.07) is 14.9. The minimum atomic E-state index is 0.0874. The van der Waals surface area contributed by atoms with Crippen molar-refractivity contribution in [3.63, 3.8) is 0 Å². The lowest BCUT2D eigenvalue weighted by atomic mass is 10.1. The van der Waals surface area contributed by atoms with Crippen LogP contribution in [0.2, 0.25) is 5.02 Å². The van der Waals surface area contributed by atoms with Gasteiger partial charge < -0.3 is 19.3 Å². The minimum Gasteiger partial charge on any atom is -0.494 e. The highest BCUT2D eigenvalue weighted by Crippen LogP contribution is 2.23. The van der Waals surface area contributed by atoms with Crippen molar-refractivity contribution in [2.75, 3.05) is 39.4 Å². The lowest BCUT2D eigenvalue weighted by Crippen LogP contribution is -2.51. The molecule has 7 heteroatoms. The number of para-hydroxylation sites is 1. The predicted octanol–water partition coefficient (Wildman–Crippen LogP) is 3.81. The molecule has 2 amide bonds. The van der Waals surface area contributed by atoms with Crippen LogP contribution >= 0.6 is 11.6 Å². The highest BCUT2D eigenvalue weighted by molar-refractivity contribution is 6.32. The Morgan fingerprint density at radius 3 is 2.19 bits per heavy atom. The van der Waals surface area contributed by atoms with E-state index in [1.807, 2.05) is 59.2 Å². The van der Waals surface area contributed by atoms with Gasteiger partial charge in [-0.3, -0.25) is 9.59 Å². The summed E-state index contributed by atoms with van der Waals surface area (Å²) in [5.74, 6) is 1.63. The van der Waals surface area contributed by atoms with E-state index in [1.54, 1.807) is 6.07 Å². The van der Waals surface area contributed by atoms with Gasteiger partial charge in [0.2, 0.25) is 11.8 Å². The number of piperazine rings is 1. The molecule has 31 heavy (non-hydrogen) atoms. The molecule has 0 spiro atoms. The second kappa shape index (κ2) is 11.6. The van der Waals surface area contributed by atoms with Gasteiger partial charge in [0.15, 0.2) is 0 Å². The average Bonchev–Trinajstić information content (AvgIpc) is 2.79. The molecule has 0 radical (unpaired) electrons. The molecule has 2 aromatic carbocycles. The summed E-state index contributed by atoms with van der Waals surface area (Å²) in [5, 5.41) is 0.569. The van der Waals surface area contributed by atoms with Gasteiger partial charge >= 0.3 is 0 Å². The standard InChI is InChI=1S/C24H29ClN2O4/c1-2-30-20-11-9-19(10-12-20)18-24(29)27-15-13-26(14-16-27)23(28)8-5-17-31-22-7-4-3-6-21(22)25/h3-4,6-7,9-12H,2,5,8,13-18H2,1H3. The van der Waals surface area contributed by atoms with E-state index >= 15 is 0 Å². The Morgan fingerprint density at radius 1 is 0.903 bits per heavy atom. The van der Waals surface area contributed by atoms with Gasteiger partial charge in [0.05, 0.1) is 24.7 Å². The summed E-state index contributed by atoms with van der Waals surface area (Å²) in [4.78, 5) is 28.7. The lowest BCUT2D eigenvalue weighted by Gasteiger charge is -2.35. The van der Waals surface area contributed by atoms with E-state index in [0.29, 0.717) is 69.4 Å². The molecule has 0 aliphatic carbocycles. The van der Waals surface area contributed by atoms with Crippen LogP contribution in [0, 0.1) is 0 Å². The molecule has 6 nitrogen and oxygen atoms in total. The Bertz CT molecular complexity index is 864. The molecule has 166 valence electrons. The van der Waals surface area contributed by atoms with E-state index in [0.717, 1.165) is 11.3 Å². The first-order valence-corrected chi connectivity index (χ1v) is 11.1. The number of hydrogen-bond acceptors (Lipinski definition) is 4. The third kappa shape index (κ3) is 6.89. The quantitative estimate of drug-likeness (QED) is 0.552. The Hall–Kier alpha value is -2.73. The molecule has 0 atom stereocenters. The first kappa shape index (κ1) is 22.9. The zero-order valence-electron chi connectivity index (χ0n) is 17.9. The van der Waals surface area contributed by atoms with E-state index in [-0.39, 0.29) is 11.8 Å². The summed E-state index contributed by atoms with van der Waals surface area (Å²) >= 11 is 6.06. The topological polar surface area (TPSA) is 59.1 Å². The van der Waals surface area contributed by atoms with Crippen molar-refractivity contribution in [2.45, 2.75) is 26.2 Å². The van der Waals surface area contributed by atoms with Crippen LogP contribution in [0.1, 0.15) is 25.3 Å². The monoisotopic (exact) mass is 444 g/mol. The third-order valence-electron chi connectivity index (χ3n) is 5.20. The van der Waals surface area contributed by atoms with Crippen molar-refractivity contribution >= 4 is 23.4 Å². The van der Waals surface area contributed by atoms with Gasteiger partial charge in [-0.05, 0) is 43.2 Å². The molecule has 1 fully saturated rings. The highest BCUT2D eigenvalue weighted by atomic mass is 35.5. The van der Waals surface area contributed by atoms with Crippen molar-refractivity contribution in [3.05, 3.63) is 59.1 Å². The molecule has 0 saturated carbocycles. The molecular formula is C24H29ClN2O4. The summed E-state index contributed by atoms with van der Waals surface area (Å²) in [7, 11) is 0. The van der Waals surface area contributed by atoms with E-state index in [1.165, 1.54) is 0 Å². The zero-order valence-corrected chi connectivity index (χ0v) is 18.6. The molecule has 3 rings (SSSR count). The second-order valence-electron chi connectivity index (χ2n) is 7.40. The van der Waals surface area contributed by atoms with Crippen molar-refractivity contribution in [1.82, 2.24) is 9.80 Å². The van der Waals surface area contributed by atoms with Crippen molar-refractivity contribution in [1.29, 1.82) is 0 Å². The second-order valence-corrected chi connectivity index (χ2v) is 7.80. The summed E-state index contributed by atoms with van der Waals surface area (Å²) < 4.78 is 11.1. The molecular weight excluding hydrogens is 416 g/mol. The number of rotatable bonds is 9. The minimum absolute atomic E-state index is 0.0874. The molecule has 1 saturated heterocycles. The lowest BCUT2D eigenvalue weighted by molar-refractivity contribution is -0.139. The number of carbonyl (C=O) groups is 2. The third-order valence-corrected chi connectivity index (χ3v) is 5.52. The number of carbonyl (C=O) groups excluding carboxylic acids is 2. The van der Waals surface area contributed by atoms with Crippen LogP contribution in [0.4, 0.5) is 0 Å². The van der Waals surface area contributed by atoms with Crippen molar-refractivity contribution < 1.29 is 19.1 Å². The fraction of sp³-hybridized carbons (Fsp3) is 0.417. The number of hydrogen-bond donors (Lipinski definition) is 0. The summed E-state index contributed by atoms with van der Waals surface area (Å²) in [6.45, 7) is 5.27. The Kier molecular flexibility index (Phi) is 8.59. The van der Waals surface area contributed by atoms with Gasteiger partial charge in [0, 0.05) is 32.6 Å². The Balaban J connectivity index is 1.36. The van der Waals surface area contributed by atoms with Crippen LogP contribution in [0.25, 0.3) is 0 Å². The van der Waals surface area contributed by atoms with Crippen LogP contribution in [-0.2, 0) is 16.0 Å². The Labute approximate surface area is 188 Å². The van der Waals surface area contributed by atoms with E-state index in [4.69, 9.17) is 21.1 Å². The number of halogens is 1. The maximum Gasteiger partial charge on any atom is 0.227 e. The fourth-order valence-electron chi connectivity index (χ4n) is 3.49. The van der Waals surface area contributed by atoms with Crippen LogP contribution in [-0.4, -0.2) is 61.0 Å². The maximum absolute atomic E-state index is 12.6. The van der Waals surface area contributed by atoms with Crippen LogP contribution in [0.5, 0.6) is 11.5 Å². The maximum atomic E-state index is 12.6. The fourth-order valence-corrected chi connectivity index (χ4v) is 3.68. The molecule has 1 aliphatic heterocycles. The van der Waals surface area contributed by atoms with Gasteiger partial charge in [-0.2, -0.15) is 0 Å². The average molecular weight is 445 g/mol. The van der Waals surface area contributed by atoms with E-state index in [2.05, 4.69) is 0 Å². The molecule has 0 N–H and O–H groups in total. The Morgan fingerprint density at radius 2 is 1.55 bits per heavy atom. The van der Waals surface area contributed by atoms with Crippen molar-refractivity contribution in [2.24, 2.45) is 0 Å². The first-order valence-electron chi connectivity index (χ1n) is 10.7. The van der Waals surface area contributed by atoms with Crippen LogP contribution in [0.3, 0.4) is 0 Å². The normalized spacial score (nSPS) is 13.7. The number of ether oxygens (including phenoxy) is 2. The van der Waals surface area contributed by atoms with Crippen LogP contribution in [0.15, 0.2) is 48.5 Å². The molecule has 0 unspecified atom stereocenters. The number of nitrogens with zero attached hydrogens (tertiary/aromatic N) is 2. The van der Waals surface area contributed by atoms with Gasteiger partial charge in [0.1, 0.15) is 11.5 Å². The van der Waals surface area contributed by atoms with Gasteiger partial charge in [-0.1, -0.05) is 35.9 Å². The first-order chi connectivity index (χ1) is 15.1. The molecule has 0 bridgehead atoms. The van der Waals surface area contributed by atoms with Crippen LogP contribution < -0.4 is 9.47 Å². The van der Waals surface area contributed by atoms with Crippen molar-refractivity contribution in [3.8, 4) is 11.5 Å². The van der Waals surface area contributed by atoms with Gasteiger partial charge in [0.25, 0.3) is 0 Å². The predicted molar refractivity (Wildman–Crippen MR) is 121 cm³/mol. The summed E-state index contributed by atoms with van der Waals surface area (Å²) in [6.07, 6.45) is 1.41. The zero-order chi connectivity index (χ0) is 22.1. The molecule has 2 aromatic rings. The van der Waals surface area contributed by atoms with E-state index in [9.17, 15) is 9.59 Å². The molecule has 0 aromatic heterocycles. The smallest absolute Gasteiger partial charge is 0.227 e. The van der Waals surface area contributed by atoms with E-state index < -0.39 is 0 Å². The van der Waals surface area contributed by atoms with Gasteiger partial charge in [-0.15, -0.1) is 0 Å². The molecule has 1 aliphatic rings. The largest absolute Gasteiger partial charge is 0.494 e. The molecule has 1 heterocycles. The summed E-state index contributed by atoms with van der Waals surface area (Å²) in [5.41, 5.74) is 0.963.